The van der Waals surface area contributed by atoms with E-state index in [1.54, 1.807) is 19.3 Å². The average Bonchev–Trinajstić information content (AvgIpc) is 2.56. The van der Waals surface area contributed by atoms with Gasteiger partial charge in [0.2, 0.25) is 5.91 Å². The van der Waals surface area contributed by atoms with Gasteiger partial charge in [0.25, 0.3) is 0 Å². The fourth-order valence-corrected chi connectivity index (χ4v) is 2.20. The summed E-state index contributed by atoms with van der Waals surface area (Å²) in [5.41, 5.74) is 8.91. The van der Waals surface area contributed by atoms with Gasteiger partial charge in [0.1, 0.15) is 0 Å². The van der Waals surface area contributed by atoms with Crippen LogP contribution in [-0.2, 0) is 4.79 Å². The Hall–Kier alpha value is -2.95. The zero-order valence-electron chi connectivity index (χ0n) is 14.1. The molecule has 0 heterocycles. The summed E-state index contributed by atoms with van der Waals surface area (Å²) in [5.74, 6) is 1.05. The number of amides is 1. The molecule has 2 aromatic rings. The number of nitrogens with one attached hydrogen (secondary N) is 1. The average molecular weight is 326 g/mol. The number of hydrogen-bond donors (Lipinski definition) is 2. The van der Waals surface area contributed by atoms with Gasteiger partial charge in [0, 0.05) is 6.08 Å². The standard InChI is InChI=1S/C19H22N2O3/c1-4-24-17-9-6-14(12-18(17)23-3)7-10-19(22)21-16-8-5-13(2)11-15(16)20/h5-12H,4,20H2,1-3H3,(H,21,22)/b10-7+. The predicted octanol–water partition coefficient (Wildman–Crippen LogP) is 3.64. The Labute approximate surface area is 142 Å². The number of anilines is 2. The number of ether oxygens (including phenoxy) is 2. The second kappa shape index (κ2) is 8.06. The lowest BCUT2D eigenvalue weighted by Crippen LogP contribution is -2.09. The largest absolute Gasteiger partial charge is 0.493 e. The number of aryl methyl sites for hydroxylation is 1. The summed E-state index contributed by atoms with van der Waals surface area (Å²) in [6, 6.07) is 11.0. The van der Waals surface area contributed by atoms with Crippen LogP contribution in [0.4, 0.5) is 11.4 Å². The highest BCUT2D eigenvalue weighted by molar-refractivity contribution is 6.03. The first-order valence-corrected chi connectivity index (χ1v) is 7.69. The number of nitrogen functional groups attached to an aromatic ring is 1. The minimum Gasteiger partial charge on any atom is -0.493 e. The van der Waals surface area contributed by atoms with Crippen molar-refractivity contribution in [2.75, 3.05) is 24.8 Å². The van der Waals surface area contributed by atoms with Gasteiger partial charge < -0.3 is 20.5 Å². The first-order chi connectivity index (χ1) is 11.5. The number of hydrogen-bond acceptors (Lipinski definition) is 4. The molecule has 126 valence electrons. The topological polar surface area (TPSA) is 73.6 Å². The summed E-state index contributed by atoms with van der Waals surface area (Å²) < 4.78 is 10.8. The molecular weight excluding hydrogens is 304 g/mol. The van der Waals surface area contributed by atoms with Crippen LogP contribution < -0.4 is 20.5 Å². The molecule has 0 radical (unpaired) electrons. The summed E-state index contributed by atoms with van der Waals surface area (Å²) >= 11 is 0. The van der Waals surface area contributed by atoms with Crippen molar-refractivity contribution < 1.29 is 14.3 Å². The van der Waals surface area contributed by atoms with Crippen molar-refractivity contribution in [3.8, 4) is 11.5 Å². The summed E-state index contributed by atoms with van der Waals surface area (Å²) in [4.78, 5) is 12.0. The molecule has 0 aliphatic heterocycles. The molecule has 24 heavy (non-hydrogen) atoms. The minimum absolute atomic E-state index is 0.251. The molecule has 0 saturated heterocycles. The van der Waals surface area contributed by atoms with Gasteiger partial charge in [-0.15, -0.1) is 0 Å². The number of rotatable bonds is 6. The van der Waals surface area contributed by atoms with Crippen molar-refractivity contribution >= 4 is 23.4 Å². The second-order valence-corrected chi connectivity index (χ2v) is 5.26. The smallest absolute Gasteiger partial charge is 0.248 e. The quantitative estimate of drug-likeness (QED) is 0.628. The van der Waals surface area contributed by atoms with Crippen molar-refractivity contribution in [3.63, 3.8) is 0 Å². The number of carbonyl (C=O) groups excluding carboxylic acids is 1. The van der Waals surface area contributed by atoms with Gasteiger partial charge in [-0.3, -0.25) is 4.79 Å². The SMILES string of the molecule is CCOc1ccc(/C=C/C(=O)Nc2ccc(C)cc2N)cc1OC. The van der Waals surface area contributed by atoms with E-state index in [2.05, 4.69) is 5.32 Å². The van der Waals surface area contributed by atoms with Crippen molar-refractivity contribution in [2.45, 2.75) is 13.8 Å². The molecule has 0 aromatic heterocycles. The third-order valence-corrected chi connectivity index (χ3v) is 3.38. The van der Waals surface area contributed by atoms with E-state index in [0.29, 0.717) is 29.5 Å². The van der Waals surface area contributed by atoms with Crippen LogP contribution in [0.1, 0.15) is 18.1 Å². The molecule has 2 rings (SSSR count). The Morgan fingerprint density at radius 1 is 1.21 bits per heavy atom. The van der Waals surface area contributed by atoms with Crippen molar-refractivity contribution in [3.05, 3.63) is 53.6 Å². The van der Waals surface area contributed by atoms with Crippen LogP contribution in [0.5, 0.6) is 11.5 Å². The molecular formula is C19H22N2O3. The zero-order valence-corrected chi connectivity index (χ0v) is 14.1. The zero-order chi connectivity index (χ0) is 17.5. The lowest BCUT2D eigenvalue weighted by Gasteiger charge is -2.09. The van der Waals surface area contributed by atoms with E-state index < -0.39 is 0 Å². The van der Waals surface area contributed by atoms with Crippen LogP contribution in [0.15, 0.2) is 42.5 Å². The van der Waals surface area contributed by atoms with Crippen molar-refractivity contribution in [2.24, 2.45) is 0 Å². The predicted molar refractivity (Wildman–Crippen MR) is 97.4 cm³/mol. The molecule has 0 spiro atoms. The molecule has 0 aliphatic rings. The monoisotopic (exact) mass is 326 g/mol. The number of benzene rings is 2. The minimum atomic E-state index is -0.251. The van der Waals surface area contributed by atoms with Crippen molar-refractivity contribution in [1.29, 1.82) is 0 Å². The van der Waals surface area contributed by atoms with Gasteiger partial charge in [0.15, 0.2) is 11.5 Å². The fraction of sp³-hybridized carbons (Fsp3) is 0.211. The highest BCUT2D eigenvalue weighted by Crippen LogP contribution is 2.28. The summed E-state index contributed by atoms with van der Waals surface area (Å²) in [7, 11) is 1.58. The summed E-state index contributed by atoms with van der Waals surface area (Å²) in [5, 5.41) is 2.76. The molecule has 5 nitrogen and oxygen atoms in total. The maximum Gasteiger partial charge on any atom is 0.248 e. The molecule has 0 fully saturated rings. The van der Waals surface area contributed by atoms with Gasteiger partial charge in [-0.05, 0) is 55.3 Å². The first kappa shape index (κ1) is 17.4. The second-order valence-electron chi connectivity index (χ2n) is 5.26. The van der Waals surface area contributed by atoms with Gasteiger partial charge in [-0.1, -0.05) is 12.1 Å². The van der Waals surface area contributed by atoms with Crippen molar-refractivity contribution in [1.82, 2.24) is 0 Å². The van der Waals surface area contributed by atoms with Crippen LogP contribution in [0.25, 0.3) is 6.08 Å². The molecule has 5 heteroatoms. The lowest BCUT2D eigenvalue weighted by atomic mass is 10.1. The fourth-order valence-electron chi connectivity index (χ4n) is 2.20. The Morgan fingerprint density at radius 3 is 2.67 bits per heavy atom. The third-order valence-electron chi connectivity index (χ3n) is 3.38. The van der Waals surface area contributed by atoms with E-state index in [1.165, 1.54) is 6.08 Å². The van der Waals surface area contributed by atoms with E-state index in [1.807, 2.05) is 44.2 Å². The Balaban J connectivity index is 2.08. The summed E-state index contributed by atoms with van der Waals surface area (Å²) in [6.07, 6.45) is 3.16. The highest BCUT2D eigenvalue weighted by atomic mass is 16.5. The molecule has 2 aromatic carbocycles. The number of methoxy groups -OCH3 is 1. The van der Waals surface area contributed by atoms with Crippen LogP contribution in [-0.4, -0.2) is 19.6 Å². The van der Waals surface area contributed by atoms with Gasteiger partial charge in [-0.25, -0.2) is 0 Å². The third kappa shape index (κ3) is 4.52. The maximum atomic E-state index is 12.0. The van der Waals surface area contributed by atoms with Crippen LogP contribution in [0.2, 0.25) is 0 Å². The Bertz CT molecular complexity index is 754. The molecule has 0 atom stereocenters. The molecule has 0 aliphatic carbocycles. The van der Waals surface area contributed by atoms with Crippen LogP contribution >= 0.6 is 0 Å². The maximum absolute atomic E-state index is 12.0. The van der Waals surface area contributed by atoms with Crippen LogP contribution in [0, 0.1) is 6.92 Å². The molecule has 0 saturated carbocycles. The van der Waals surface area contributed by atoms with Gasteiger partial charge in [0.05, 0.1) is 25.1 Å². The summed E-state index contributed by atoms with van der Waals surface area (Å²) in [6.45, 7) is 4.42. The normalized spacial score (nSPS) is 10.6. The Morgan fingerprint density at radius 2 is 2.00 bits per heavy atom. The lowest BCUT2D eigenvalue weighted by molar-refractivity contribution is -0.111. The van der Waals surface area contributed by atoms with Gasteiger partial charge in [-0.2, -0.15) is 0 Å². The molecule has 3 N–H and O–H groups in total. The van der Waals surface area contributed by atoms with Gasteiger partial charge >= 0.3 is 0 Å². The highest BCUT2D eigenvalue weighted by Gasteiger charge is 2.05. The van der Waals surface area contributed by atoms with E-state index in [4.69, 9.17) is 15.2 Å². The molecule has 1 amide bonds. The number of nitrogens with two attached hydrogens (primary N) is 1. The van der Waals surface area contributed by atoms with E-state index in [-0.39, 0.29) is 5.91 Å². The first-order valence-electron chi connectivity index (χ1n) is 7.69. The van der Waals surface area contributed by atoms with Crippen LogP contribution in [0.3, 0.4) is 0 Å². The van der Waals surface area contributed by atoms with E-state index >= 15 is 0 Å². The molecule has 0 bridgehead atoms. The molecule has 0 unspecified atom stereocenters. The van der Waals surface area contributed by atoms with E-state index in [0.717, 1.165) is 11.1 Å². The number of carbonyl (C=O) groups is 1. The van der Waals surface area contributed by atoms with E-state index in [9.17, 15) is 4.79 Å². The Kier molecular flexibility index (Phi) is 5.84.